The summed E-state index contributed by atoms with van der Waals surface area (Å²) in [6.07, 6.45) is -0.436. The van der Waals surface area contributed by atoms with Crippen molar-refractivity contribution in [2.75, 3.05) is 0 Å². The van der Waals surface area contributed by atoms with E-state index < -0.39 is 18.1 Å². The number of ether oxygens (including phenoxy) is 1. The number of hydrogen-bond donors (Lipinski definition) is 2. The third-order valence-electron chi connectivity index (χ3n) is 4.35. The van der Waals surface area contributed by atoms with E-state index in [1.54, 1.807) is 0 Å². The molecule has 0 aliphatic rings. The van der Waals surface area contributed by atoms with E-state index in [2.05, 4.69) is 11.4 Å². The van der Waals surface area contributed by atoms with E-state index in [0.717, 1.165) is 22.3 Å². The molecule has 1 amide bonds. The molecule has 2 rings (SSSR count). The Morgan fingerprint density at radius 2 is 1.81 bits per heavy atom. The topological polar surface area (TPSA) is 75.6 Å². The van der Waals surface area contributed by atoms with Gasteiger partial charge in [-0.3, -0.25) is 0 Å². The number of nitrogens with one attached hydrogen (secondary N) is 1. The lowest BCUT2D eigenvalue weighted by molar-refractivity contribution is -0.139. The summed E-state index contributed by atoms with van der Waals surface area (Å²) >= 11 is 0. The predicted octanol–water partition coefficient (Wildman–Crippen LogP) is 4.18. The van der Waals surface area contributed by atoms with Gasteiger partial charge in [0.15, 0.2) is 0 Å². The van der Waals surface area contributed by atoms with E-state index >= 15 is 0 Å². The molecule has 0 aromatic heterocycles. The molecule has 0 bridgehead atoms. The molecule has 0 aliphatic carbocycles. The molecule has 2 unspecified atom stereocenters. The fraction of sp³-hybridized carbons (Fsp3) is 0.333. The van der Waals surface area contributed by atoms with Gasteiger partial charge >= 0.3 is 12.1 Å². The number of benzene rings is 2. The van der Waals surface area contributed by atoms with Crippen LogP contribution in [0.4, 0.5) is 4.79 Å². The number of carbonyl (C=O) groups is 2. The van der Waals surface area contributed by atoms with Gasteiger partial charge in [0.1, 0.15) is 12.6 Å². The van der Waals surface area contributed by atoms with E-state index in [9.17, 15) is 14.7 Å². The molecule has 0 heterocycles. The molecule has 2 aromatic rings. The van der Waals surface area contributed by atoms with Gasteiger partial charge in [0.05, 0.1) is 0 Å². The Morgan fingerprint density at radius 1 is 1.12 bits per heavy atom. The number of alkyl carbamates (subject to hydrolysis) is 1. The Balaban J connectivity index is 1.95. The summed E-state index contributed by atoms with van der Waals surface area (Å²) in [5.41, 5.74) is 4.21. The lowest BCUT2D eigenvalue weighted by Crippen LogP contribution is -2.41. The third-order valence-corrected chi connectivity index (χ3v) is 4.35. The first-order chi connectivity index (χ1) is 12.4. The van der Waals surface area contributed by atoms with Crippen LogP contribution in [0.1, 0.15) is 41.5 Å². The standard InChI is InChI=1S/C21H25NO4/c1-14-9-10-18(15(2)11-14)16(3)12-19(20(23)24)22-21(25)26-13-17-7-5-4-6-8-17/h4-11,16,19H,12-13H2,1-3H3,(H,22,25)(H,23,24). The summed E-state index contributed by atoms with van der Waals surface area (Å²) in [4.78, 5) is 23.5. The fourth-order valence-corrected chi connectivity index (χ4v) is 2.99. The third kappa shape index (κ3) is 5.62. The minimum Gasteiger partial charge on any atom is -0.480 e. The quantitative estimate of drug-likeness (QED) is 0.781. The van der Waals surface area contributed by atoms with Crippen molar-refractivity contribution in [3.63, 3.8) is 0 Å². The number of hydrogen-bond acceptors (Lipinski definition) is 3. The first kappa shape index (κ1) is 19.5. The van der Waals surface area contributed by atoms with Gasteiger partial charge < -0.3 is 15.2 Å². The van der Waals surface area contributed by atoms with Gasteiger partial charge in [0.2, 0.25) is 0 Å². The van der Waals surface area contributed by atoms with E-state index in [1.807, 2.05) is 63.2 Å². The smallest absolute Gasteiger partial charge is 0.408 e. The second kappa shape index (κ2) is 9.04. The van der Waals surface area contributed by atoms with Crippen molar-refractivity contribution in [3.8, 4) is 0 Å². The Morgan fingerprint density at radius 3 is 2.42 bits per heavy atom. The second-order valence-corrected chi connectivity index (χ2v) is 6.59. The van der Waals surface area contributed by atoms with Gasteiger partial charge in [-0.25, -0.2) is 9.59 Å². The number of aryl methyl sites for hydroxylation is 2. The zero-order valence-electron chi connectivity index (χ0n) is 15.4. The van der Waals surface area contributed by atoms with Crippen LogP contribution in [0.15, 0.2) is 48.5 Å². The molecule has 5 heteroatoms. The minimum absolute atomic E-state index is 0.00822. The normalized spacial score (nSPS) is 12.9. The Bertz CT molecular complexity index is 758. The maximum Gasteiger partial charge on any atom is 0.408 e. The monoisotopic (exact) mass is 355 g/mol. The highest BCUT2D eigenvalue weighted by Gasteiger charge is 2.24. The lowest BCUT2D eigenvalue weighted by atomic mass is 9.90. The Kier molecular flexibility index (Phi) is 6.78. The van der Waals surface area contributed by atoms with Gasteiger partial charge in [0, 0.05) is 0 Å². The molecule has 0 radical (unpaired) electrons. The average molecular weight is 355 g/mol. The van der Waals surface area contributed by atoms with Crippen molar-refractivity contribution >= 4 is 12.1 Å². The molecular weight excluding hydrogens is 330 g/mol. The van der Waals surface area contributed by atoms with Crippen LogP contribution >= 0.6 is 0 Å². The molecule has 0 aliphatic heterocycles. The number of carboxylic acids is 1. The van der Waals surface area contributed by atoms with Crippen LogP contribution in [0, 0.1) is 13.8 Å². The van der Waals surface area contributed by atoms with Crippen LogP contribution in [-0.2, 0) is 16.1 Å². The Labute approximate surface area is 154 Å². The second-order valence-electron chi connectivity index (χ2n) is 6.59. The molecule has 0 spiro atoms. The summed E-state index contributed by atoms with van der Waals surface area (Å²) in [5.74, 6) is -1.08. The van der Waals surface area contributed by atoms with Gasteiger partial charge in [-0.1, -0.05) is 61.0 Å². The molecular formula is C21H25NO4. The maximum atomic E-state index is 12.0. The average Bonchev–Trinajstić information content (AvgIpc) is 2.60. The van der Waals surface area contributed by atoms with Crippen LogP contribution in [0.5, 0.6) is 0 Å². The summed E-state index contributed by atoms with van der Waals surface area (Å²) in [6, 6.07) is 14.3. The van der Waals surface area contributed by atoms with E-state index in [4.69, 9.17) is 4.74 Å². The Hall–Kier alpha value is -2.82. The predicted molar refractivity (Wildman–Crippen MR) is 100 cm³/mol. The molecule has 138 valence electrons. The van der Waals surface area contributed by atoms with Crippen molar-refractivity contribution in [1.82, 2.24) is 5.32 Å². The minimum atomic E-state index is -1.07. The van der Waals surface area contributed by atoms with Gasteiger partial charge in [-0.05, 0) is 42.9 Å². The summed E-state index contributed by atoms with van der Waals surface area (Å²) in [6.45, 7) is 6.10. The first-order valence-corrected chi connectivity index (χ1v) is 8.64. The highest BCUT2D eigenvalue weighted by Crippen LogP contribution is 2.25. The van der Waals surface area contributed by atoms with Crippen molar-refractivity contribution in [1.29, 1.82) is 0 Å². The summed E-state index contributed by atoms with van der Waals surface area (Å²) in [7, 11) is 0. The zero-order chi connectivity index (χ0) is 19.1. The van der Waals surface area contributed by atoms with Crippen LogP contribution in [0.3, 0.4) is 0 Å². The molecule has 0 fully saturated rings. The summed E-state index contributed by atoms with van der Waals surface area (Å²) in [5, 5.41) is 11.9. The highest BCUT2D eigenvalue weighted by atomic mass is 16.5. The first-order valence-electron chi connectivity index (χ1n) is 8.64. The highest BCUT2D eigenvalue weighted by molar-refractivity contribution is 5.80. The molecule has 2 atom stereocenters. The largest absolute Gasteiger partial charge is 0.480 e. The molecule has 2 aromatic carbocycles. The van der Waals surface area contributed by atoms with Crippen molar-refractivity contribution in [2.24, 2.45) is 0 Å². The molecule has 26 heavy (non-hydrogen) atoms. The van der Waals surface area contributed by atoms with Crippen LogP contribution in [0.2, 0.25) is 0 Å². The summed E-state index contributed by atoms with van der Waals surface area (Å²) < 4.78 is 5.12. The van der Waals surface area contributed by atoms with E-state index in [1.165, 1.54) is 0 Å². The molecule has 0 saturated heterocycles. The SMILES string of the molecule is Cc1ccc(C(C)CC(NC(=O)OCc2ccccc2)C(=O)O)c(C)c1. The van der Waals surface area contributed by atoms with E-state index in [0.29, 0.717) is 6.42 Å². The van der Waals surface area contributed by atoms with Gasteiger partial charge in [-0.15, -0.1) is 0 Å². The molecule has 5 nitrogen and oxygen atoms in total. The molecule has 0 saturated carbocycles. The number of rotatable bonds is 7. The van der Waals surface area contributed by atoms with Gasteiger partial charge in [0.25, 0.3) is 0 Å². The lowest BCUT2D eigenvalue weighted by Gasteiger charge is -2.20. The zero-order valence-corrected chi connectivity index (χ0v) is 15.4. The van der Waals surface area contributed by atoms with Crippen LogP contribution in [0.25, 0.3) is 0 Å². The number of carboxylic acid groups (broad SMARTS) is 1. The van der Waals surface area contributed by atoms with E-state index in [-0.39, 0.29) is 12.5 Å². The maximum absolute atomic E-state index is 12.0. The van der Waals surface area contributed by atoms with Crippen LogP contribution in [-0.4, -0.2) is 23.2 Å². The van der Waals surface area contributed by atoms with Crippen molar-refractivity contribution in [3.05, 3.63) is 70.8 Å². The number of aliphatic carboxylic acids is 1. The van der Waals surface area contributed by atoms with Crippen molar-refractivity contribution < 1.29 is 19.4 Å². The number of carbonyl (C=O) groups excluding carboxylic acids is 1. The fourth-order valence-electron chi connectivity index (χ4n) is 2.99. The van der Waals surface area contributed by atoms with Crippen LogP contribution < -0.4 is 5.32 Å². The number of amides is 1. The van der Waals surface area contributed by atoms with Gasteiger partial charge in [-0.2, -0.15) is 0 Å². The molecule has 2 N–H and O–H groups in total. The van der Waals surface area contributed by atoms with Crippen molar-refractivity contribution in [2.45, 2.75) is 45.8 Å².